The van der Waals surface area contributed by atoms with E-state index in [1.54, 1.807) is 6.08 Å². The lowest BCUT2D eigenvalue weighted by Crippen LogP contribution is -2.45. The first kappa shape index (κ1) is 86.9. The monoisotopic (exact) mass is 1270 g/mol. The number of aliphatic hydroxyl groups excluding tert-OH is 1. The molecule has 0 saturated carbocycles. The van der Waals surface area contributed by atoms with Gasteiger partial charge in [0.25, 0.3) is 0 Å². The summed E-state index contributed by atoms with van der Waals surface area (Å²) in [4.78, 5) is 23.5. The number of carbonyl (C=O) groups excluding carboxylic acids is 1. The quantitative estimate of drug-likeness (QED) is 0.0243. The second kappa shape index (κ2) is 70.3. The highest BCUT2D eigenvalue weighted by atomic mass is 31.2. The van der Waals surface area contributed by atoms with Crippen LogP contribution < -0.4 is 5.32 Å². The predicted octanol–water partition coefficient (Wildman–Crippen LogP) is 25.3. The van der Waals surface area contributed by atoms with Crippen molar-refractivity contribution in [2.24, 2.45) is 0 Å². The second-order valence-corrected chi connectivity index (χ2v) is 29.2. The number of allylic oxidation sites excluding steroid dienone is 11. The molecule has 3 N–H and O–H groups in total. The lowest BCUT2D eigenvalue weighted by molar-refractivity contribution is -0.870. The van der Waals surface area contributed by atoms with E-state index in [1.165, 1.54) is 302 Å². The Kier molecular flexibility index (Phi) is 68.6. The first-order chi connectivity index (χ1) is 43.5. The van der Waals surface area contributed by atoms with Crippen LogP contribution in [0.4, 0.5) is 0 Å². The molecule has 0 bridgehead atoms. The Labute approximate surface area is 554 Å². The number of hydrogen-bond acceptors (Lipinski definition) is 5. The van der Waals surface area contributed by atoms with E-state index >= 15 is 0 Å². The highest BCUT2D eigenvalue weighted by Gasteiger charge is 2.28. The van der Waals surface area contributed by atoms with Gasteiger partial charge in [-0.2, -0.15) is 0 Å². The third-order valence-corrected chi connectivity index (χ3v) is 18.6. The molecule has 0 spiro atoms. The van der Waals surface area contributed by atoms with Gasteiger partial charge in [0, 0.05) is 6.42 Å². The first-order valence-electron chi connectivity index (χ1n) is 38.8. The maximum absolute atomic E-state index is 13.1. The summed E-state index contributed by atoms with van der Waals surface area (Å²) < 4.78 is 23.8. The van der Waals surface area contributed by atoms with E-state index in [2.05, 4.69) is 79.9 Å². The molecule has 0 aromatic heterocycles. The standard InChI is InChI=1S/C80H151N2O6P/c1-6-8-10-12-14-16-18-20-22-24-26-28-30-32-34-35-36-37-38-39-40-41-42-43-44-45-46-47-48-50-52-54-56-58-60-62-64-66-68-70-72-74-80(84)81-78(77-88-89(85,86)87-76-75-82(3,4)5)79(83)73-71-69-67-65-63-61-59-57-55-53-51-49-33-31-29-27-25-23-21-19-17-15-13-11-9-7-2/h18,20,24,26,30,32,55,57,63,65,71,73,78-79,83H,6-17,19,21-23,25,27-29,31,33-54,56,58-62,64,66-70,72,74-77H2,1-5H3,(H-,81,84,85,86)/p+1/b20-18-,26-24-,32-30-,57-55+,65-63+,73-71+. The van der Waals surface area contributed by atoms with Gasteiger partial charge in [0.1, 0.15) is 13.2 Å². The molecule has 0 aromatic carbocycles. The maximum Gasteiger partial charge on any atom is 0.472 e. The number of amides is 1. The Bertz CT molecular complexity index is 1680. The number of nitrogens with zero attached hydrogens (tertiary/aromatic N) is 1. The number of rotatable bonds is 72. The number of quaternary nitrogens is 1. The number of unbranched alkanes of at least 4 members (excludes halogenated alkanes) is 49. The topological polar surface area (TPSA) is 105 Å². The minimum atomic E-state index is -4.37. The van der Waals surface area contributed by atoms with Gasteiger partial charge in [0.05, 0.1) is 39.9 Å². The normalized spacial score (nSPS) is 13.9. The summed E-state index contributed by atoms with van der Waals surface area (Å²) in [5.74, 6) is -0.185. The van der Waals surface area contributed by atoms with E-state index in [1.807, 2.05) is 27.2 Å². The van der Waals surface area contributed by atoms with Crippen molar-refractivity contribution in [1.29, 1.82) is 0 Å². The maximum atomic E-state index is 13.1. The van der Waals surface area contributed by atoms with Crippen molar-refractivity contribution in [2.45, 2.75) is 392 Å². The van der Waals surface area contributed by atoms with Crippen LogP contribution in [0.3, 0.4) is 0 Å². The summed E-state index contributed by atoms with van der Waals surface area (Å²) >= 11 is 0. The lowest BCUT2D eigenvalue weighted by atomic mass is 10.0. The van der Waals surface area contributed by atoms with Gasteiger partial charge in [-0.25, -0.2) is 4.57 Å². The Hall–Kier alpha value is -2.06. The molecule has 3 unspecified atom stereocenters. The van der Waals surface area contributed by atoms with Gasteiger partial charge >= 0.3 is 7.82 Å². The molecule has 0 heterocycles. The molecule has 9 heteroatoms. The fraction of sp³-hybridized carbons (Fsp3) is 0.838. The van der Waals surface area contributed by atoms with Crippen LogP contribution in [0.1, 0.15) is 380 Å². The number of phosphoric ester groups is 1. The molecule has 89 heavy (non-hydrogen) atoms. The summed E-state index contributed by atoms with van der Waals surface area (Å²) in [5.41, 5.74) is 0. The minimum Gasteiger partial charge on any atom is -0.387 e. The molecule has 8 nitrogen and oxygen atoms in total. The summed E-state index contributed by atoms with van der Waals surface area (Å²) in [6.07, 6.45) is 99.5. The average molecular weight is 1270 g/mol. The van der Waals surface area contributed by atoms with Gasteiger partial charge in [0.2, 0.25) is 5.91 Å². The predicted molar refractivity (Wildman–Crippen MR) is 392 cm³/mol. The molecule has 0 aliphatic heterocycles. The van der Waals surface area contributed by atoms with Crippen molar-refractivity contribution in [3.05, 3.63) is 72.9 Å². The third-order valence-electron chi connectivity index (χ3n) is 17.6. The van der Waals surface area contributed by atoms with Gasteiger partial charge in [0.15, 0.2) is 0 Å². The van der Waals surface area contributed by atoms with E-state index in [4.69, 9.17) is 9.05 Å². The number of likely N-dealkylation sites (N-methyl/N-ethyl adjacent to an activating group) is 1. The van der Waals surface area contributed by atoms with Gasteiger partial charge in [-0.05, 0) is 83.5 Å². The van der Waals surface area contributed by atoms with Crippen molar-refractivity contribution in [2.75, 3.05) is 40.9 Å². The zero-order valence-electron chi connectivity index (χ0n) is 59.9. The van der Waals surface area contributed by atoms with Crippen molar-refractivity contribution in [3.63, 3.8) is 0 Å². The molecule has 0 fully saturated rings. The molecule has 0 rings (SSSR count). The molecule has 0 aliphatic carbocycles. The van der Waals surface area contributed by atoms with E-state index < -0.39 is 20.0 Å². The largest absolute Gasteiger partial charge is 0.472 e. The Morgan fingerprint density at radius 3 is 0.978 bits per heavy atom. The fourth-order valence-corrected chi connectivity index (χ4v) is 12.4. The number of nitrogens with one attached hydrogen (secondary N) is 1. The highest BCUT2D eigenvalue weighted by molar-refractivity contribution is 7.47. The van der Waals surface area contributed by atoms with Crippen LogP contribution in [0.2, 0.25) is 0 Å². The van der Waals surface area contributed by atoms with E-state index in [0.717, 1.165) is 57.8 Å². The van der Waals surface area contributed by atoms with Crippen LogP contribution in [0.5, 0.6) is 0 Å². The number of hydrogen-bond donors (Lipinski definition) is 3. The molecule has 0 radical (unpaired) electrons. The van der Waals surface area contributed by atoms with Gasteiger partial charge in [-0.1, -0.05) is 363 Å². The highest BCUT2D eigenvalue weighted by Crippen LogP contribution is 2.43. The molecule has 3 atom stereocenters. The van der Waals surface area contributed by atoms with Gasteiger partial charge in [-0.15, -0.1) is 0 Å². The molecular weight excluding hydrogens is 1120 g/mol. The number of aliphatic hydroxyl groups is 1. The summed E-state index contributed by atoms with van der Waals surface area (Å²) in [6.45, 7) is 4.82. The Balaban J connectivity index is 3.98. The Morgan fingerprint density at radius 1 is 0.382 bits per heavy atom. The number of carbonyl (C=O) groups is 1. The molecule has 1 amide bonds. The van der Waals surface area contributed by atoms with Crippen molar-refractivity contribution in [3.8, 4) is 0 Å². The van der Waals surface area contributed by atoms with Gasteiger partial charge < -0.3 is 19.8 Å². The van der Waals surface area contributed by atoms with Crippen LogP contribution in [0.25, 0.3) is 0 Å². The van der Waals surface area contributed by atoms with Crippen LogP contribution in [0.15, 0.2) is 72.9 Å². The molecule has 0 aromatic rings. The zero-order valence-corrected chi connectivity index (χ0v) is 60.8. The average Bonchev–Trinajstić information content (AvgIpc) is 3.61. The van der Waals surface area contributed by atoms with Crippen LogP contribution in [-0.2, 0) is 18.4 Å². The van der Waals surface area contributed by atoms with Crippen LogP contribution in [0, 0.1) is 0 Å². The van der Waals surface area contributed by atoms with Gasteiger partial charge in [-0.3, -0.25) is 13.8 Å². The molecule has 522 valence electrons. The smallest absolute Gasteiger partial charge is 0.387 e. The second-order valence-electron chi connectivity index (χ2n) is 27.7. The van der Waals surface area contributed by atoms with E-state index in [9.17, 15) is 19.4 Å². The fourth-order valence-electron chi connectivity index (χ4n) is 11.6. The molecule has 0 saturated heterocycles. The lowest BCUT2D eigenvalue weighted by Gasteiger charge is -2.25. The minimum absolute atomic E-state index is 0.0537. The third kappa shape index (κ3) is 73.2. The SMILES string of the molecule is CCCCCCC/C=C\C/C=C\C/C=C\CCCCCCCCCCCCCCCCCCCCCCCCCCCCC(=O)NC(COP(=O)(O)OCC[N+](C)(C)C)C(O)/C=C/CC/C=C/CC/C=C/CCCCCCCCCCCCCCCCCC. The number of phosphoric acid groups is 1. The summed E-state index contributed by atoms with van der Waals surface area (Å²) in [5, 5.41) is 14.0. The summed E-state index contributed by atoms with van der Waals surface area (Å²) in [7, 11) is 1.56. The first-order valence-corrected chi connectivity index (χ1v) is 40.3. The van der Waals surface area contributed by atoms with Crippen LogP contribution in [-0.4, -0.2) is 73.4 Å². The molecule has 0 aliphatic rings. The van der Waals surface area contributed by atoms with Crippen molar-refractivity contribution in [1.82, 2.24) is 5.32 Å². The van der Waals surface area contributed by atoms with Crippen molar-refractivity contribution < 1.29 is 32.9 Å². The van der Waals surface area contributed by atoms with E-state index in [-0.39, 0.29) is 19.1 Å². The molecular formula is C80H152N2O6P+. The van der Waals surface area contributed by atoms with E-state index in [0.29, 0.717) is 17.4 Å². The Morgan fingerprint density at radius 2 is 0.652 bits per heavy atom. The van der Waals surface area contributed by atoms with Crippen molar-refractivity contribution >= 4 is 13.7 Å². The van der Waals surface area contributed by atoms with Crippen LogP contribution >= 0.6 is 7.82 Å². The zero-order chi connectivity index (χ0) is 64.8. The summed E-state index contributed by atoms with van der Waals surface area (Å²) in [6, 6.07) is -0.873.